The number of carbonyl (C=O) groups is 1. The van der Waals surface area contributed by atoms with E-state index in [2.05, 4.69) is 38.9 Å². The zero-order valence-corrected chi connectivity index (χ0v) is 16.5. The second-order valence-corrected chi connectivity index (χ2v) is 6.81. The summed E-state index contributed by atoms with van der Waals surface area (Å²) in [6.45, 7) is 2.94. The molecule has 0 aliphatic rings. The van der Waals surface area contributed by atoms with Gasteiger partial charge in [0.15, 0.2) is 0 Å². The number of aryl methyl sites for hydroxylation is 1. The smallest absolute Gasteiger partial charge is 0.406 e. The Morgan fingerprint density at radius 3 is 2.45 bits per heavy atom. The molecule has 158 valence electrons. The van der Waals surface area contributed by atoms with Gasteiger partial charge in [0.25, 0.3) is 5.91 Å². The van der Waals surface area contributed by atoms with Crippen molar-refractivity contribution in [3.05, 3.63) is 77.9 Å². The van der Waals surface area contributed by atoms with Gasteiger partial charge in [0.1, 0.15) is 5.75 Å². The first-order valence-corrected chi connectivity index (χ1v) is 9.56. The largest absolute Gasteiger partial charge is 0.573 e. The fourth-order valence-electron chi connectivity index (χ4n) is 3.53. The molecule has 0 saturated heterocycles. The minimum Gasteiger partial charge on any atom is -0.406 e. The molecule has 31 heavy (non-hydrogen) atoms. The highest BCUT2D eigenvalue weighted by molar-refractivity contribution is 6.09. The van der Waals surface area contributed by atoms with Crippen LogP contribution >= 0.6 is 0 Å². The Kier molecular flexibility index (Phi) is 5.37. The first-order valence-electron chi connectivity index (χ1n) is 9.56. The number of rotatable bonds is 5. The molecule has 1 N–H and O–H groups in total. The Hall–Kier alpha value is -3.81. The van der Waals surface area contributed by atoms with Gasteiger partial charge in [-0.1, -0.05) is 24.3 Å². The summed E-state index contributed by atoms with van der Waals surface area (Å²) in [6, 6.07) is 18.7. The molecule has 0 atom stereocenters. The van der Waals surface area contributed by atoms with Crippen LogP contribution in [0.2, 0.25) is 0 Å². The quantitative estimate of drug-likeness (QED) is 0.340. The summed E-state index contributed by atoms with van der Waals surface area (Å²) in [7, 11) is 0. The van der Waals surface area contributed by atoms with Crippen LogP contribution in [0.3, 0.4) is 0 Å². The number of nitrogens with zero attached hydrogens (tertiary/aromatic N) is 2. The molecule has 1 heterocycles. The van der Waals surface area contributed by atoms with E-state index < -0.39 is 18.0 Å². The van der Waals surface area contributed by atoms with Gasteiger partial charge in [-0.3, -0.25) is 4.79 Å². The Labute approximate surface area is 175 Å². The molecular formula is C23H18F3N3O2. The Bertz CT molecular complexity index is 1280. The number of fused-ring (bicyclic) bond motifs is 3. The molecule has 0 spiro atoms. The van der Waals surface area contributed by atoms with Crippen LogP contribution in [-0.4, -0.2) is 23.1 Å². The number of para-hydroxylation sites is 1. The van der Waals surface area contributed by atoms with Crippen molar-refractivity contribution in [2.24, 2.45) is 5.10 Å². The van der Waals surface area contributed by atoms with Crippen molar-refractivity contribution in [3.8, 4) is 5.75 Å². The molecule has 0 radical (unpaired) electrons. The molecule has 1 amide bonds. The van der Waals surface area contributed by atoms with E-state index in [0.717, 1.165) is 46.0 Å². The van der Waals surface area contributed by atoms with Gasteiger partial charge in [0.2, 0.25) is 0 Å². The lowest BCUT2D eigenvalue weighted by Gasteiger charge is -2.08. The standard InChI is InChI=1S/C23H18F3N3O2/c1-2-29-20-6-4-3-5-18(20)19-13-15(7-12-21(19)29)14-27-28-22(30)16-8-10-17(11-9-16)31-23(24,25)26/h3-14H,2H2,1H3,(H,28,30). The van der Waals surface area contributed by atoms with Gasteiger partial charge < -0.3 is 9.30 Å². The Morgan fingerprint density at radius 1 is 1.03 bits per heavy atom. The Morgan fingerprint density at radius 2 is 1.74 bits per heavy atom. The van der Waals surface area contributed by atoms with Crippen LogP contribution in [0.25, 0.3) is 21.8 Å². The van der Waals surface area contributed by atoms with Gasteiger partial charge in [-0.2, -0.15) is 5.10 Å². The average molecular weight is 425 g/mol. The van der Waals surface area contributed by atoms with Gasteiger partial charge in [0, 0.05) is 33.9 Å². The third kappa shape index (κ3) is 4.37. The lowest BCUT2D eigenvalue weighted by molar-refractivity contribution is -0.274. The second-order valence-electron chi connectivity index (χ2n) is 6.81. The van der Waals surface area contributed by atoms with E-state index >= 15 is 0 Å². The van der Waals surface area contributed by atoms with Crippen molar-refractivity contribution in [2.75, 3.05) is 0 Å². The molecule has 0 unspecified atom stereocenters. The van der Waals surface area contributed by atoms with Crippen molar-refractivity contribution in [1.82, 2.24) is 9.99 Å². The molecule has 8 heteroatoms. The fraction of sp³-hybridized carbons (Fsp3) is 0.130. The fourth-order valence-corrected chi connectivity index (χ4v) is 3.53. The second kappa shape index (κ2) is 8.14. The number of hydrogen-bond donors (Lipinski definition) is 1. The van der Waals surface area contributed by atoms with Crippen molar-refractivity contribution >= 4 is 33.9 Å². The highest BCUT2D eigenvalue weighted by Crippen LogP contribution is 2.29. The van der Waals surface area contributed by atoms with Crippen LogP contribution in [0.4, 0.5) is 13.2 Å². The molecule has 4 rings (SSSR count). The maximum atomic E-state index is 12.2. The first-order chi connectivity index (χ1) is 14.9. The molecule has 0 saturated carbocycles. The third-order valence-electron chi connectivity index (χ3n) is 4.84. The van der Waals surface area contributed by atoms with Gasteiger partial charge in [-0.25, -0.2) is 5.43 Å². The minimum atomic E-state index is -4.78. The predicted octanol–water partition coefficient (Wildman–Crippen LogP) is 5.48. The highest BCUT2D eigenvalue weighted by atomic mass is 19.4. The highest BCUT2D eigenvalue weighted by Gasteiger charge is 2.31. The number of carbonyl (C=O) groups excluding carboxylic acids is 1. The van der Waals surface area contributed by atoms with E-state index in [1.165, 1.54) is 18.3 Å². The van der Waals surface area contributed by atoms with E-state index in [1.54, 1.807) is 0 Å². The summed E-state index contributed by atoms with van der Waals surface area (Å²) in [5.74, 6) is -0.939. The molecule has 4 aromatic rings. The van der Waals surface area contributed by atoms with Crippen LogP contribution in [0.1, 0.15) is 22.8 Å². The monoisotopic (exact) mass is 425 g/mol. The van der Waals surface area contributed by atoms with Crippen LogP contribution < -0.4 is 10.2 Å². The first kappa shape index (κ1) is 20.5. The zero-order valence-electron chi connectivity index (χ0n) is 16.5. The number of benzene rings is 3. The van der Waals surface area contributed by atoms with Crippen molar-refractivity contribution in [2.45, 2.75) is 19.8 Å². The molecular weight excluding hydrogens is 407 g/mol. The van der Waals surface area contributed by atoms with Gasteiger partial charge >= 0.3 is 6.36 Å². The summed E-state index contributed by atoms with van der Waals surface area (Å²) in [4.78, 5) is 12.2. The van der Waals surface area contributed by atoms with Gasteiger partial charge in [-0.05, 0) is 55.0 Å². The van der Waals surface area contributed by atoms with Gasteiger partial charge in [-0.15, -0.1) is 13.2 Å². The number of hydrogen-bond acceptors (Lipinski definition) is 3. The van der Waals surface area contributed by atoms with E-state index in [9.17, 15) is 18.0 Å². The Balaban J connectivity index is 1.50. The molecule has 1 aromatic heterocycles. The number of hydrazone groups is 1. The van der Waals surface area contributed by atoms with Crippen LogP contribution in [-0.2, 0) is 6.54 Å². The molecule has 0 aliphatic heterocycles. The zero-order chi connectivity index (χ0) is 22.0. The summed E-state index contributed by atoms with van der Waals surface area (Å²) >= 11 is 0. The van der Waals surface area contributed by atoms with Crippen LogP contribution in [0.15, 0.2) is 71.8 Å². The van der Waals surface area contributed by atoms with Crippen LogP contribution in [0.5, 0.6) is 5.75 Å². The lowest BCUT2D eigenvalue weighted by atomic mass is 10.1. The maximum Gasteiger partial charge on any atom is 0.573 e. The van der Waals surface area contributed by atoms with E-state index in [0.29, 0.717) is 0 Å². The number of halogens is 3. The third-order valence-corrected chi connectivity index (χ3v) is 4.84. The predicted molar refractivity (Wildman–Crippen MR) is 113 cm³/mol. The summed E-state index contributed by atoms with van der Waals surface area (Å²) in [5.41, 5.74) is 5.62. The van der Waals surface area contributed by atoms with Crippen molar-refractivity contribution in [1.29, 1.82) is 0 Å². The number of alkyl halides is 3. The average Bonchev–Trinajstić information content (AvgIpc) is 3.06. The summed E-state index contributed by atoms with van der Waals surface area (Å²) in [5, 5.41) is 6.20. The minimum absolute atomic E-state index is 0.160. The molecule has 0 aliphatic carbocycles. The van der Waals surface area contributed by atoms with E-state index in [1.807, 2.05) is 30.3 Å². The number of amides is 1. The van der Waals surface area contributed by atoms with E-state index in [4.69, 9.17) is 0 Å². The van der Waals surface area contributed by atoms with E-state index in [-0.39, 0.29) is 5.56 Å². The molecule has 3 aromatic carbocycles. The van der Waals surface area contributed by atoms with Crippen molar-refractivity contribution in [3.63, 3.8) is 0 Å². The normalized spacial score (nSPS) is 12.0. The number of nitrogens with one attached hydrogen (secondary N) is 1. The lowest BCUT2D eigenvalue weighted by Crippen LogP contribution is -2.19. The van der Waals surface area contributed by atoms with Crippen LogP contribution in [0, 0.1) is 0 Å². The number of ether oxygens (including phenoxy) is 1. The van der Waals surface area contributed by atoms with Crippen molar-refractivity contribution < 1.29 is 22.7 Å². The topological polar surface area (TPSA) is 55.6 Å². The molecule has 0 bridgehead atoms. The molecule has 0 fully saturated rings. The molecule has 5 nitrogen and oxygen atoms in total. The maximum absolute atomic E-state index is 12.2. The van der Waals surface area contributed by atoms with Gasteiger partial charge in [0.05, 0.1) is 6.21 Å². The number of aromatic nitrogens is 1. The summed E-state index contributed by atoms with van der Waals surface area (Å²) < 4.78 is 42.7. The SMILES string of the molecule is CCn1c2ccccc2c2cc(C=NNC(=O)c3ccc(OC(F)(F)F)cc3)ccc21. The summed E-state index contributed by atoms with van der Waals surface area (Å²) in [6.07, 6.45) is -3.25.